The predicted octanol–water partition coefficient (Wildman–Crippen LogP) is 3.68. The van der Waals surface area contributed by atoms with E-state index in [1.165, 1.54) is 0 Å². The number of carboxylic acid groups (broad SMARTS) is 1. The number of benzene rings is 2. The van der Waals surface area contributed by atoms with Crippen LogP contribution in [-0.4, -0.2) is 73.8 Å². The Balaban J connectivity index is 0. The molecule has 2 N–H and O–H groups in total. The fourth-order valence-corrected chi connectivity index (χ4v) is 3.25. The Labute approximate surface area is 216 Å². The molecule has 1 unspecified atom stereocenters. The van der Waals surface area contributed by atoms with Crippen LogP contribution in [0, 0.1) is 5.41 Å². The molecule has 0 bridgehead atoms. The van der Waals surface area contributed by atoms with Crippen LogP contribution < -0.4 is 5.32 Å². The number of carbonyl (C=O) groups excluding carboxylic acids is 2. The van der Waals surface area contributed by atoms with Crippen LogP contribution in [0.15, 0.2) is 54.6 Å². The molecule has 0 fully saturated rings. The van der Waals surface area contributed by atoms with E-state index in [0.29, 0.717) is 12.8 Å². The van der Waals surface area contributed by atoms with E-state index in [2.05, 4.69) is 5.32 Å². The maximum Gasteiger partial charge on any atom is 2.00 e. The molecular formula is C24H31CaNO5. The summed E-state index contributed by atoms with van der Waals surface area (Å²) in [6, 6.07) is 18.1. The van der Waals surface area contributed by atoms with Gasteiger partial charge >= 0.3 is 49.7 Å². The van der Waals surface area contributed by atoms with Gasteiger partial charge in [0.15, 0.2) is 0 Å². The molecule has 1 amide bonds. The summed E-state index contributed by atoms with van der Waals surface area (Å²) >= 11 is 0. The van der Waals surface area contributed by atoms with E-state index in [9.17, 15) is 14.4 Å². The molecule has 164 valence electrons. The number of hydrogen-bond donors (Lipinski definition) is 2. The van der Waals surface area contributed by atoms with Gasteiger partial charge in [-0.3, -0.25) is 14.4 Å². The molecule has 2 aromatic rings. The Bertz CT molecular complexity index is 865. The molecule has 7 heteroatoms. The number of esters is 1. The second-order valence-corrected chi connectivity index (χ2v) is 7.51. The molecule has 0 heterocycles. The summed E-state index contributed by atoms with van der Waals surface area (Å²) < 4.78 is 5.28. The van der Waals surface area contributed by atoms with Gasteiger partial charge in [-0.2, -0.15) is 0 Å². The molecule has 6 nitrogen and oxygen atoms in total. The number of carboxylic acids is 1. The normalized spacial score (nSPS) is 12.2. The SMILES string of the molecule is CCOC(=O)C(C)(CCNC(=O)CCC(=O)O)Cc1ccc(-c2ccccc2)cc1.[Ca+2].[H-].[H-]. The number of amides is 1. The summed E-state index contributed by atoms with van der Waals surface area (Å²) in [4.78, 5) is 35.0. The standard InChI is InChI=1S/C24H29NO5.Ca.2H/c1-3-30-23(29)24(2,15-16-25-21(26)13-14-22(27)28)17-18-9-11-20(12-10-18)19-7-5-4-6-8-19;;;/h4-12H,3,13-17H2,1-2H3,(H,25,26)(H,27,28);;;/q;+2;2*-1. The first-order chi connectivity index (χ1) is 14.3. The van der Waals surface area contributed by atoms with E-state index < -0.39 is 11.4 Å². The second kappa shape index (κ2) is 13.5. The van der Waals surface area contributed by atoms with Crippen molar-refractivity contribution in [2.45, 2.75) is 39.5 Å². The topological polar surface area (TPSA) is 92.7 Å². The zero-order valence-electron chi connectivity index (χ0n) is 20.2. The van der Waals surface area contributed by atoms with Gasteiger partial charge in [0.1, 0.15) is 0 Å². The van der Waals surface area contributed by atoms with Crippen LogP contribution in [0.5, 0.6) is 0 Å². The van der Waals surface area contributed by atoms with Crippen molar-refractivity contribution in [3.63, 3.8) is 0 Å². The largest absolute Gasteiger partial charge is 2.00 e. The van der Waals surface area contributed by atoms with E-state index in [0.717, 1.165) is 16.7 Å². The molecule has 0 spiro atoms. The maximum atomic E-state index is 12.6. The van der Waals surface area contributed by atoms with Crippen LogP contribution in [0.4, 0.5) is 0 Å². The number of aliphatic carboxylic acids is 1. The van der Waals surface area contributed by atoms with Crippen molar-refractivity contribution in [2.75, 3.05) is 13.2 Å². The fourth-order valence-electron chi connectivity index (χ4n) is 3.25. The number of ether oxygens (including phenoxy) is 1. The average Bonchev–Trinajstić information content (AvgIpc) is 2.73. The minimum atomic E-state index is -1.01. The molecular weight excluding hydrogens is 422 g/mol. The Morgan fingerprint density at radius 3 is 2.19 bits per heavy atom. The zero-order valence-corrected chi connectivity index (χ0v) is 20.4. The van der Waals surface area contributed by atoms with Crippen molar-refractivity contribution >= 4 is 55.6 Å². The Hall–Kier alpha value is -1.89. The van der Waals surface area contributed by atoms with Crippen LogP contribution in [0.25, 0.3) is 11.1 Å². The van der Waals surface area contributed by atoms with Crippen LogP contribution in [0.2, 0.25) is 0 Å². The smallest absolute Gasteiger partial charge is 1.00 e. The quantitative estimate of drug-likeness (QED) is 0.400. The first-order valence-corrected chi connectivity index (χ1v) is 10.1. The molecule has 1 atom stereocenters. The van der Waals surface area contributed by atoms with Crippen LogP contribution in [0.1, 0.15) is 41.5 Å². The molecule has 2 rings (SSSR count). The summed E-state index contributed by atoms with van der Waals surface area (Å²) in [6.07, 6.45) is 0.581. The van der Waals surface area contributed by atoms with Crippen LogP contribution in [0.3, 0.4) is 0 Å². The van der Waals surface area contributed by atoms with Crippen molar-refractivity contribution in [3.05, 3.63) is 60.2 Å². The predicted molar refractivity (Wildman–Crippen MR) is 123 cm³/mol. The summed E-state index contributed by atoms with van der Waals surface area (Å²) in [7, 11) is 0. The van der Waals surface area contributed by atoms with Crippen molar-refractivity contribution < 1.29 is 27.1 Å². The van der Waals surface area contributed by atoms with Crippen molar-refractivity contribution in [1.82, 2.24) is 5.32 Å². The number of rotatable bonds is 11. The summed E-state index contributed by atoms with van der Waals surface area (Å²) in [6.45, 7) is 4.16. The maximum absolute atomic E-state index is 12.6. The average molecular weight is 454 g/mol. The van der Waals surface area contributed by atoms with Gasteiger partial charge in [-0.15, -0.1) is 0 Å². The number of hydrogen-bond acceptors (Lipinski definition) is 4. The summed E-state index contributed by atoms with van der Waals surface area (Å²) in [5.41, 5.74) is 2.43. The van der Waals surface area contributed by atoms with Gasteiger partial charge < -0.3 is 18.0 Å². The second-order valence-electron chi connectivity index (χ2n) is 7.51. The molecule has 31 heavy (non-hydrogen) atoms. The van der Waals surface area contributed by atoms with E-state index in [1.807, 2.05) is 61.5 Å². The third kappa shape index (κ3) is 9.01. The van der Waals surface area contributed by atoms with E-state index in [4.69, 9.17) is 9.84 Å². The van der Waals surface area contributed by atoms with Crippen LogP contribution in [-0.2, 0) is 25.5 Å². The molecule has 2 aromatic carbocycles. The number of nitrogens with one attached hydrogen (secondary N) is 1. The first kappa shape index (κ1) is 27.1. The van der Waals surface area contributed by atoms with Gasteiger partial charge in [-0.25, -0.2) is 0 Å². The fraction of sp³-hybridized carbons (Fsp3) is 0.375. The minimum Gasteiger partial charge on any atom is -1.00 e. The van der Waals surface area contributed by atoms with Gasteiger partial charge in [0.25, 0.3) is 0 Å². The zero-order chi connectivity index (χ0) is 22.0. The van der Waals surface area contributed by atoms with E-state index in [-0.39, 0.29) is 78.5 Å². The number of carbonyl (C=O) groups is 3. The van der Waals surface area contributed by atoms with Gasteiger partial charge in [0, 0.05) is 13.0 Å². The third-order valence-corrected chi connectivity index (χ3v) is 4.99. The van der Waals surface area contributed by atoms with Crippen molar-refractivity contribution in [1.29, 1.82) is 0 Å². The molecule has 0 aliphatic carbocycles. The summed E-state index contributed by atoms with van der Waals surface area (Å²) in [5, 5.41) is 11.4. The molecule has 0 aliphatic heterocycles. The molecule has 0 radical (unpaired) electrons. The van der Waals surface area contributed by atoms with Crippen molar-refractivity contribution in [2.24, 2.45) is 5.41 Å². The van der Waals surface area contributed by atoms with Gasteiger partial charge in [-0.05, 0) is 43.4 Å². The molecule has 0 saturated heterocycles. The minimum absolute atomic E-state index is 0. The Kier molecular flexibility index (Phi) is 11.8. The van der Waals surface area contributed by atoms with Gasteiger partial charge in [0.05, 0.1) is 18.4 Å². The monoisotopic (exact) mass is 453 g/mol. The first-order valence-electron chi connectivity index (χ1n) is 10.1. The Morgan fingerprint density at radius 1 is 1.00 bits per heavy atom. The Morgan fingerprint density at radius 2 is 1.61 bits per heavy atom. The summed E-state index contributed by atoms with van der Waals surface area (Å²) in [5.74, 6) is -1.66. The van der Waals surface area contributed by atoms with E-state index in [1.54, 1.807) is 6.92 Å². The molecule has 0 saturated carbocycles. The van der Waals surface area contributed by atoms with Crippen LogP contribution >= 0.6 is 0 Å². The molecule has 0 aromatic heterocycles. The molecule has 0 aliphatic rings. The third-order valence-electron chi connectivity index (χ3n) is 4.99. The van der Waals surface area contributed by atoms with Gasteiger partial charge in [0.2, 0.25) is 5.91 Å². The van der Waals surface area contributed by atoms with Gasteiger partial charge in [-0.1, -0.05) is 54.6 Å². The van der Waals surface area contributed by atoms with E-state index >= 15 is 0 Å². The van der Waals surface area contributed by atoms with Crippen molar-refractivity contribution in [3.8, 4) is 11.1 Å².